The van der Waals surface area contributed by atoms with Gasteiger partial charge in [0.1, 0.15) is 4.83 Å². The van der Waals surface area contributed by atoms with Crippen LogP contribution in [0.3, 0.4) is 0 Å². The number of carbonyl (C=O) groups is 1. The molecule has 2 heterocycles. The van der Waals surface area contributed by atoms with Crippen LogP contribution in [0.25, 0.3) is 10.2 Å². The molecule has 3 rings (SSSR count). The second-order valence-electron chi connectivity index (χ2n) is 6.37. The van der Waals surface area contributed by atoms with Gasteiger partial charge in [-0.3, -0.25) is 14.2 Å². The molecule has 0 bridgehead atoms. The summed E-state index contributed by atoms with van der Waals surface area (Å²) in [4.78, 5) is 32.2. The van der Waals surface area contributed by atoms with Crippen LogP contribution in [-0.2, 0) is 13.0 Å². The van der Waals surface area contributed by atoms with E-state index in [2.05, 4.69) is 13.5 Å². The van der Waals surface area contributed by atoms with Crippen LogP contribution in [0.5, 0.6) is 0 Å². The maximum atomic E-state index is 12.9. The highest BCUT2D eigenvalue weighted by Crippen LogP contribution is 2.28. The van der Waals surface area contributed by atoms with Crippen LogP contribution in [-0.4, -0.2) is 20.6 Å². The first-order valence-corrected chi connectivity index (χ1v) is 10.6. The smallest absolute Gasteiger partial charge is 0.263 e. The van der Waals surface area contributed by atoms with Gasteiger partial charge in [-0.2, -0.15) is 0 Å². The highest BCUT2D eigenvalue weighted by Gasteiger charge is 2.21. The molecule has 27 heavy (non-hydrogen) atoms. The maximum absolute atomic E-state index is 12.9. The standard InChI is InChI=1S/C21H22N2O2S2/c1-5-11-23-20(25)17-12-16(6-2)27-19(17)22-21(23)26-14(4)18(24)15-9-7-13(3)8-10-15/h5,7-10,12,14H,1,6,11H2,2-4H3/t14-/m0/s1. The largest absolute Gasteiger partial charge is 0.293 e. The van der Waals surface area contributed by atoms with Crippen LogP contribution < -0.4 is 5.56 Å². The van der Waals surface area contributed by atoms with Crippen LogP contribution in [0, 0.1) is 6.92 Å². The molecule has 0 aliphatic heterocycles. The topological polar surface area (TPSA) is 52.0 Å². The van der Waals surface area contributed by atoms with Gasteiger partial charge in [0.05, 0.1) is 10.6 Å². The highest BCUT2D eigenvalue weighted by atomic mass is 32.2. The summed E-state index contributed by atoms with van der Waals surface area (Å²) in [6, 6.07) is 9.47. The summed E-state index contributed by atoms with van der Waals surface area (Å²) in [5.74, 6) is 0.0277. The number of nitrogens with zero attached hydrogens (tertiary/aromatic N) is 2. The van der Waals surface area contributed by atoms with Crippen LogP contribution >= 0.6 is 23.1 Å². The summed E-state index contributed by atoms with van der Waals surface area (Å²) in [5.41, 5.74) is 1.71. The Kier molecular flexibility index (Phi) is 5.97. The molecule has 2 aromatic heterocycles. The number of allylic oxidation sites excluding steroid dienone is 1. The van der Waals surface area contributed by atoms with E-state index in [0.717, 1.165) is 21.7 Å². The lowest BCUT2D eigenvalue weighted by Gasteiger charge is -2.14. The Balaban J connectivity index is 1.98. The van der Waals surface area contributed by atoms with Gasteiger partial charge in [0.15, 0.2) is 10.9 Å². The number of thioether (sulfide) groups is 1. The van der Waals surface area contributed by atoms with Crippen molar-refractivity contribution in [3.05, 3.63) is 69.3 Å². The van der Waals surface area contributed by atoms with Gasteiger partial charge in [-0.15, -0.1) is 17.9 Å². The molecule has 1 atom stereocenters. The van der Waals surface area contributed by atoms with Crippen molar-refractivity contribution in [3.8, 4) is 0 Å². The van der Waals surface area contributed by atoms with Gasteiger partial charge >= 0.3 is 0 Å². The quantitative estimate of drug-likeness (QED) is 0.246. The summed E-state index contributed by atoms with van der Waals surface area (Å²) in [5, 5.41) is 0.851. The Morgan fingerprint density at radius 3 is 2.70 bits per heavy atom. The van der Waals surface area contributed by atoms with Gasteiger partial charge in [0, 0.05) is 17.0 Å². The third kappa shape index (κ3) is 4.06. The number of Topliss-reactive ketones (excluding diaryl/α,β-unsaturated/α-hetero) is 1. The van der Waals surface area contributed by atoms with E-state index < -0.39 is 0 Å². The second-order valence-corrected chi connectivity index (χ2v) is 8.80. The zero-order chi connectivity index (χ0) is 19.6. The van der Waals surface area contributed by atoms with E-state index in [1.54, 1.807) is 10.6 Å². The number of aryl methyl sites for hydroxylation is 2. The number of benzene rings is 1. The lowest BCUT2D eigenvalue weighted by molar-refractivity contribution is 0.0994. The number of rotatable bonds is 7. The number of fused-ring (bicyclic) bond motifs is 1. The molecule has 0 fully saturated rings. The maximum Gasteiger partial charge on any atom is 0.263 e. The van der Waals surface area contributed by atoms with Gasteiger partial charge < -0.3 is 0 Å². The second kappa shape index (κ2) is 8.23. The molecule has 0 amide bonds. The van der Waals surface area contributed by atoms with E-state index in [4.69, 9.17) is 4.98 Å². The van der Waals surface area contributed by atoms with Gasteiger partial charge in [-0.1, -0.05) is 54.6 Å². The summed E-state index contributed by atoms with van der Waals surface area (Å²) >= 11 is 2.86. The van der Waals surface area contributed by atoms with Crippen molar-refractivity contribution in [2.45, 2.75) is 44.1 Å². The van der Waals surface area contributed by atoms with Gasteiger partial charge in [0.2, 0.25) is 0 Å². The Labute approximate surface area is 167 Å². The number of ketones is 1. The molecule has 0 unspecified atom stereocenters. The minimum Gasteiger partial charge on any atom is -0.293 e. The van der Waals surface area contributed by atoms with E-state index in [0.29, 0.717) is 22.7 Å². The Morgan fingerprint density at radius 1 is 1.37 bits per heavy atom. The summed E-state index contributed by atoms with van der Waals surface area (Å²) < 4.78 is 1.60. The first-order valence-electron chi connectivity index (χ1n) is 8.86. The number of hydrogen-bond acceptors (Lipinski definition) is 5. The number of hydrogen-bond donors (Lipinski definition) is 0. The zero-order valence-corrected chi connectivity index (χ0v) is 17.3. The Bertz CT molecular complexity index is 1050. The van der Waals surface area contributed by atoms with Crippen LogP contribution in [0.4, 0.5) is 0 Å². The molecule has 0 aliphatic carbocycles. The van der Waals surface area contributed by atoms with Gasteiger partial charge in [0.25, 0.3) is 5.56 Å². The molecule has 0 radical (unpaired) electrons. The van der Waals surface area contributed by atoms with Crippen LogP contribution in [0.2, 0.25) is 0 Å². The van der Waals surface area contributed by atoms with Crippen molar-refractivity contribution in [2.24, 2.45) is 0 Å². The minimum atomic E-state index is -0.348. The summed E-state index contributed by atoms with van der Waals surface area (Å²) in [7, 11) is 0. The number of thiophene rings is 1. The molecule has 1 aromatic carbocycles. The molecule has 6 heteroatoms. The molecular weight excluding hydrogens is 376 g/mol. The first kappa shape index (κ1) is 19.6. The average molecular weight is 399 g/mol. The average Bonchev–Trinajstić information content (AvgIpc) is 3.08. The van der Waals surface area contributed by atoms with E-state index in [1.165, 1.54) is 23.1 Å². The van der Waals surface area contributed by atoms with E-state index in [9.17, 15) is 9.59 Å². The first-order chi connectivity index (χ1) is 12.9. The predicted octanol–water partition coefficient (Wildman–Crippen LogP) is 4.88. The van der Waals surface area contributed by atoms with Gasteiger partial charge in [-0.25, -0.2) is 4.98 Å². The van der Waals surface area contributed by atoms with Crippen LogP contribution in [0.1, 0.15) is 34.6 Å². The predicted molar refractivity (Wildman–Crippen MR) is 114 cm³/mol. The van der Waals surface area contributed by atoms with Crippen molar-refractivity contribution in [1.29, 1.82) is 0 Å². The fourth-order valence-electron chi connectivity index (χ4n) is 2.77. The van der Waals surface area contributed by atoms with Crippen LogP contribution in [0.15, 0.2) is 52.9 Å². The minimum absolute atomic E-state index is 0.0277. The third-order valence-electron chi connectivity index (χ3n) is 4.31. The third-order valence-corrected chi connectivity index (χ3v) is 6.58. The fourth-order valence-corrected chi connectivity index (χ4v) is 4.77. The summed E-state index contributed by atoms with van der Waals surface area (Å²) in [6.45, 7) is 10.0. The lowest BCUT2D eigenvalue weighted by Crippen LogP contribution is -2.24. The molecule has 0 saturated carbocycles. The SMILES string of the molecule is C=CCn1c(S[C@@H](C)C(=O)c2ccc(C)cc2)nc2sc(CC)cc2c1=O. The van der Waals surface area contributed by atoms with E-state index in [1.807, 2.05) is 44.2 Å². The zero-order valence-electron chi connectivity index (χ0n) is 15.7. The fraction of sp³-hybridized carbons (Fsp3) is 0.286. The normalized spacial score (nSPS) is 12.3. The summed E-state index contributed by atoms with van der Waals surface area (Å²) in [6.07, 6.45) is 2.55. The van der Waals surface area contributed by atoms with Crippen molar-refractivity contribution in [1.82, 2.24) is 9.55 Å². The Hall–Kier alpha value is -2.18. The van der Waals surface area contributed by atoms with E-state index >= 15 is 0 Å². The molecule has 3 aromatic rings. The molecule has 4 nitrogen and oxygen atoms in total. The van der Waals surface area contributed by atoms with Crippen molar-refractivity contribution in [2.75, 3.05) is 0 Å². The van der Waals surface area contributed by atoms with E-state index in [-0.39, 0.29) is 16.6 Å². The van der Waals surface area contributed by atoms with Gasteiger partial charge in [-0.05, 0) is 26.3 Å². The molecule has 0 N–H and O–H groups in total. The molecule has 0 saturated heterocycles. The van der Waals surface area contributed by atoms with Crippen molar-refractivity contribution >= 4 is 39.1 Å². The van der Waals surface area contributed by atoms with Crippen molar-refractivity contribution < 1.29 is 4.79 Å². The lowest BCUT2D eigenvalue weighted by atomic mass is 10.1. The van der Waals surface area contributed by atoms with Crippen molar-refractivity contribution in [3.63, 3.8) is 0 Å². The molecule has 0 spiro atoms. The monoisotopic (exact) mass is 398 g/mol. The molecular formula is C21H22N2O2S2. The Morgan fingerprint density at radius 2 is 2.07 bits per heavy atom. The number of aromatic nitrogens is 2. The molecule has 0 aliphatic rings. The highest BCUT2D eigenvalue weighted by molar-refractivity contribution is 8.00. The molecule has 140 valence electrons. The number of carbonyl (C=O) groups excluding carboxylic acids is 1.